The Bertz CT molecular complexity index is 2630. The summed E-state index contributed by atoms with van der Waals surface area (Å²) in [5.41, 5.74) is 7.36. The number of esters is 2. The summed E-state index contributed by atoms with van der Waals surface area (Å²) < 4.78 is 12.8. The fourth-order valence-electron chi connectivity index (χ4n) is 9.73. The molecule has 5 amide bonds. The number of nitrogens with two attached hydrogens (primary N) is 1. The maximum absolute atomic E-state index is 14.6. The Morgan fingerprint density at radius 3 is 2.09 bits per heavy atom. The van der Waals surface area contributed by atoms with Crippen molar-refractivity contribution in [3.05, 3.63) is 83.1 Å². The molecule has 7 N–H and O–H groups in total. The van der Waals surface area contributed by atoms with Crippen LogP contribution in [0.4, 0.5) is 0 Å². The number of para-hydroxylation sites is 1. The molecule has 1 fully saturated rings. The number of nitrogens with zero attached hydrogens (tertiary/aromatic N) is 2. The predicted molar refractivity (Wildman–Crippen MR) is 294 cm³/mol. The number of nitrogens with one attached hydrogen (secondary N) is 5. The van der Waals surface area contributed by atoms with Gasteiger partial charge in [0, 0.05) is 67.4 Å². The third kappa shape index (κ3) is 17.4. The maximum atomic E-state index is 14.6. The number of likely N-dealkylation sites (N-methyl/N-ethyl adjacent to an activating group) is 2. The average molecular weight is 1070 g/mol. The third-order valence-electron chi connectivity index (χ3n) is 14.3. The second-order valence-electron chi connectivity index (χ2n) is 22.3. The van der Waals surface area contributed by atoms with E-state index in [-0.39, 0.29) is 74.0 Å². The van der Waals surface area contributed by atoms with Crippen molar-refractivity contribution >= 4 is 63.9 Å². The van der Waals surface area contributed by atoms with Crippen molar-refractivity contribution in [2.24, 2.45) is 30.0 Å². The van der Waals surface area contributed by atoms with Crippen molar-refractivity contribution in [2.45, 2.75) is 162 Å². The minimum atomic E-state index is -1.21. The summed E-state index contributed by atoms with van der Waals surface area (Å²) in [6.45, 7) is 18.9. The normalized spacial score (nSPS) is 16.3. The number of carbonyl (C=O) groups excluding carboxylic acids is 9. The molecule has 2 heterocycles. The van der Waals surface area contributed by atoms with Gasteiger partial charge in [0.05, 0.1) is 37.2 Å². The lowest BCUT2D eigenvalue weighted by Crippen LogP contribution is -2.61. The maximum Gasteiger partial charge on any atom is 0.328 e. The lowest BCUT2D eigenvalue weighted by molar-refractivity contribution is -0.149. The van der Waals surface area contributed by atoms with Crippen molar-refractivity contribution in [3.8, 4) is 0 Å². The van der Waals surface area contributed by atoms with Gasteiger partial charge in [-0.2, -0.15) is 0 Å². The molecular weight excluding hydrogens is 985 g/mol. The van der Waals surface area contributed by atoms with Crippen LogP contribution in [0.5, 0.6) is 0 Å². The van der Waals surface area contributed by atoms with E-state index < -0.39 is 88.8 Å². The molecule has 0 saturated carbocycles. The minimum Gasteiger partial charge on any atom is -0.464 e. The molecule has 0 aliphatic carbocycles. The van der Waals surface area contributed by atoms with E-state index in [1.165, 1.54) is 4.90 Å². The molecule has 7 atom stereocenters. The van der Waals surface area contributed by atoms with Crippen molar-refractivity contribution < 1.29 is 52.6 Å². The van der Waals surface area contributed by atoms with Crippen LogP contribution in [0.2, 0.25) is 0 Å². The van der Waals surface area contributed by atoms with Crippen molar-refractivity contribution in [1.82, 2.24) is 36.1 Å². The number of amides is 5. The number of aryl methyl sites for hydroxylation is 1. The molecule has 4 rings (SSSR count). The Hall–Kier alpha value is -6.73. The van der Waals surface area contributed by atoms with E-state index in [4.69, 9.17) is 15.2 Å². The monoisotopic (exact) mass is 1070 g/mol. The number of aromatic nitrogens is 1. The number of fused-ring (bicyclic) bond motifs is 1. The molecule has 422 valence electrons. The fraction of sp³-hybridized carbons (Fsp3) is 0.569. The van der Waals surface area contributed by atoms with Crippen LogP contribution in [0.15, 0.2) is 66.4 Å². The Morgan fingerprint density at radius 2 is 1.51 bits per heavy atom. The van der Waals surface area contributed by atoms with E-state index >= 15 is 0 Å². The van der Waals surface area contributed by atoms with Crippen molar-refractivity contribution in [2.75, 3.05) is 27.2 Å². The minimum absolute atomic E-state index is 0.00761. The highest BCUT2D eigenvalue weighted by atomic mass is 16.5. The van der Waals surface area contributed by atoms with Crippen LogP contribution < -0.4 is 32.3 Å². The zero-order chi connectivity index (χ0) is 57.5. The van der Waals surface area contributed by atoms with Gasteiger partial charge in [0.2, 0.25) is 29.5 Å². The van der Waals surface area contributed by atoms with Gasteiger partial charge >= 0.3 is 11.9 Å². The topological polar surface area (TPSA) is 266 Å². The van der Waals surface area contributed by atoms with Gasteiger partial charge in [-0.15, -0.1) is 0 Å². The molecule has 1 aliphatic heterocycles. The molecule has 0 radical (unpaired) electrons. The molecule has 77 heavy (non-hydrogen) atoms. The standard InChI is InChI=1S/C58H84N8O11/c1-14-76-56(75)42(25-26-49(70)77-33-38-23-21-37(22-24-38)30-47(68)43(31-48(59)69)63-53(72)36(5)29-46(67)41-19-17-27-61-41)62-52(71)35(4)28-45(34(2)3)66(13)55(74)51(57(6,7)8)64-54(73)50(60-11)58(9,10)40-32-65(12)44-20-16-15-18-39(40)44/h15-16,18,20-24,28,32,34,36,41-43,45,50-51,60-61H,14,17,19,25-27,29-31,33H2,1-13H3,(H2,59,69)(H,62,71)(H,63,72)(H,64,73)/b35-28+/t36-,41?,42-,43+,45-,50-,51-/m1/s1. The predicted octanol–water partition coefficient (Wildman–Crippen LogP) is 4.39. The molecule has 1 saturated heterocycles. The van der Waals surface area contributed by atoms with Gasteiger partial charge in [0.15, 0.2) is 11.6 Å². The van der Waals surface area contributed by atoms with Crippen LogP contribution in [0.1, 0.15) is 124 Å². The van der Waals surface area contributed by atoms with Gasteiger partial charge in [-0.05, 0) is 80.8 Å². The van der Waals surface area contributed by atoms with E-state index in [1.807, 2.05) is 90.5 Å². The molecule has 3 aromatic rings. The fourth-order valence-corrected chi connectivity index (χ4v) is 9.73. The van der Waals surface area contributed by atoms with E-state index in [1.54, 1.807) is 65.2 Å². The number of rotatable bonds is 28. The Morgan fingerprint density at radius 1 is 0.857 bits per heavy atom. The van der Waals surface area contributed by atoms with E-state index in [2.05, 4.69) is 26.6 Å². The summed E-state index contributed by atoms with van der Waals surface area (Å²) in [7, 11) is 5.33. The Labute approximate surface area is 453 Å². The summed E-state index contributed by atoms with van der Waals surface area (Å²) >= 11 is 0. The first-order chi connectivity index (χ1) is 36.1. The van der Waals surface area contributed by atoms with Gasteiger partial charge in [-0.3, -0.25) is 38.4 Å². The molecular formula is C58H84N8O11. The van der Waals surface area contributed by atoms with E-state index in [0.717, 1.165) is 29.4 Å². The second kappa shape index (κ2) is 28.1. The van der Waals surface area contributed by atoms with Crippen LogP contribution in [0, 0.1) is 17.3 Å². The SMILES string of the molecule is CCOC(=O)[C@@H](CCC(=O)OCc1ccc(CC(=O)[C@H](CC(N)=O)NC(=O)[C@H](C)CC(=O)C2CCCN2)cc1)NC(=O)/C(C)=C/[C@H](C(C)C)N(C)C(=O)[C@@H](NC(=O)[C@@H](NC)C(C)(C)c1cn(C)c2ccccc12)C(C)(C)C. The first-order valence-corrected chi connectivity index (χ1v) is 26.7. The molecule has 1 aliphatic rings. The lowest BCUT2D eigenvalue weighted by Gasteiger charge is -2.39. The molecule has 0 bridgehead atoms. The largest absolute Gasteiger partial charge is 0.464 e. The number of carbonyl (C=O) groups is 9. The Kier molecular flexibility index (Phi) is 22.9. The summed E-state index contributed by atoms with van der Waals surface area (Å²) in [5, 5.41) is 15.7. The summed E-state index contributed by atoms with van der Waals surface area (Å²) in [6, 6.07) is 9.62. The smallest absolute Gasteiger partial charge is 0.328 e. The number of hydrogen-bond donors (Lipinski definition) is 6. The molecule has 19 heteroatoms. The highest BCUT2D eigenvalue weighted by Gasteiger charge is 2.43. The summed E-state index contributed by atoms with van der Waals surface area (Å²) in [6.07, 6.45) is 4.32. The van der Waals surface area contributed by atoms with Gasteiger partial charge in [0.1, 0.15) is 18.7 Å². The van der Waals surface area contributed by atoms with Crippen LogP contribution in [0.25, 0.3) is 10.9 Å². The number of ether oxygens (including phenoxy) is 2. The number of primary amides is 1. The first-order valence-electron chi connectivity index (χ1n) is 26.7. The number of hydrogen-bond acceptors (Lipinski definition) is 13. The number of benzene rings is 2. The zero-order valence-corrected chi connectivity index (χ0v) is 47.4. The third-order valence-corrected chi connectivity index (χ3v) is 14.3. The second-order valence-corrected chi connectivity index (χ2v) is 22.3. The lowest BCUT2D eigenvalue weighted by atomic mass is 9.76. The molecule has 1 unspecified atom stereocenters. The quantitative estimate of drug-likeness (QED) is 0.0436. The molecule has 2 aromatic carbocycles. The van der Waals surface area contributed by atoms with E-state index in [9.17, 15) is 43.2 Å². The van der Waals surface area contributed by atoms with Gasteiger partial charge < -0.3 is 51.3 Å². The van der Waals surface area contributed by atoms with Crippen LogP contribution in [-0.2, 0) is 78.1 Å². The van der Waals surface area contributed by atoms with Crippen LogP contribution >= 0.6 is 0 Å². The summed E-state index contributed by atoms with van der Waals surface area (Å²) in [4.78, 5) is 121. The number of Topliss-reactive ketones (excluding diaryl/α,β-unsaturated/α-hetero) is 2. The van der Waals surface area contributed by atoms with Gasteiger partial charge in [0.25, 0.3) is 0 Å². The highest BCUT2D eigenvalue weighted by Crippen LogP contribution is 2.35. The van der Waals surface area contributed by atoms with Gasteiger partial charge in [-0.1, -0.05) is 104 Å². The van der Waals surface area contributed by atoms with E-state index in [0.29, 0.717) is 17.5 Å². The number of ketones is 2. The van der Waals surface area contributed by atoms with Crippen molar-refractivity contribution in [3.63, 3.8) is 0 Å². The molecule has 19 nitrogen and oxygen atoms in total. The highest BCUT2D eigenvalue weighted by molar-refractivity contribution is 5.97. The first kappa shape index (κ1) is 62.8. The zero-order valence-electron chi connectivity index (χ0n) is 47.4. The van der Waals surface area contributed by atoms with Gasteiger partial charge in [-0.25, -0.2) is 4.79 Å². The molecule has 0 spiro atoms. The average Bonchev–Trinajstić information content (AvgIpc) is 4.06. The Balaban J connectivity index is 1.36. The summed E-state index contributed by atoms with van der Waals surface area (Å²) in [5.74, 6) is -5.47. The van der Waals surface area contributed by atoms with Crippen LogP contribution in [0.3, 0.4) is 0 Å². The van der Waals surface area contributed by atoms with Crippen molar-refractivity contribution in [1.29, 1.82) is 0 Å². The van der Waals surface area contributed by atoms with Crippen LogP contribution in [-0.4, -0.2) is 126 Å². The molecule has 1 aromatic heterocycles.